The van der Waals surface area contributed by atoms with Gasteiger partial charge in [-0.25, -0.2) is 9.67 Å². The molecular weight excluding hydrogens is 320 g/mol. The SMILES string of the molecule is CCC(C(=O)NCCc1csc(-n2cccn2)n1)c1ccccc1. The molecule has 5 nitrogen and oxygen atoms in total. The lowest BCUT2D eigenvalue weighted by Crippen LogP contribution is -2.30. The van der Waals surface area contributed by atoms with Crippen LogP contribution >= 0.6 is 11.3 Å². The second-order valence-corrected chi connectivity index (χ2v) is 6.32. The number of amides is 1. The Hall–Kier alpha value is -2.47. The summed E-state index contributed by atoms with van der Waals surface area (Å²) in [4.78, 5) is 17.0. The third-order valence-electron chi connectivity index (χ3n) is 3.85. The van der Waals surface area contributed by atoms with Crippen LogP contribution in [0.4, 0.5) is 0 Å². The summed E-state index contributed by atoms with van der Waals surface area (Å²) in [6, 6.07) is 11.8. The molecule has 0 aliphatic rings. The number of nitrogens with zero attached hydrogens (tertiary/aromatic N) is 3. The second kappa shape index (κ2) is 7.88. The van der Waals surface area contributed by atoms with Crippen LogP contribution in [0.15, 0.2) is 54.2 Å². The highest BCUT2D eigenvalue weighted by molar-refractivity contribution is 7.12. The maximum atomic E-state index is 12.4. The highest BCUT2D eigenvalue weighted by Gasteiger charge is 2.17. The summed E-state index contributed by atoms with van der Waals surface area (Å²) in [5.74, 6) is -0.0208. The van der Waals surface area contributed by atoms with E-state index in [0.29, 0.717) is 13.0 Å². The van der Waals surface area contributed by atoms with Crippen LogP contribution in [0.3, 0.4) is 0 Å². The third kappa shape index (κ3) is 3.89. The van der Waals surface area contributed by atoms with E-state index in [1.165, 1.54) is 0 Å². The Balaban J connectivity index is 1.53. The first-order valence-corrected chi connectivity index (χ1v) is 8.93. The van der Waals surface area contributed by atoms with Crippen LogP contribution in [0.25, 0.3) is 5.13 Å². The second-order valence-electron chi connectivity index (χ2n) is 5.48. The van der Waals surface area contributed by atoms with Gasteiger partial charge in [0.05, 0.1) is 11.6 Å². The van der Waals surface area contributed by atoms with Crippen LogP contribution in [0.2, 0.25) is 0 Å². The normalized spacial score (nSPS) is 12.0. The average Bonchev–Trinajstić information content (AvgIpc) is 3.28. The quantitative estimate of drug-likeness (QED) is 0.718. The van der Waals surface area contributed by atoms with Gasteiger partial charge in [-0.1, -0.05) is 37.3 Å². The predicted molar refractivity (Wildman–Crippen MR) is 95.4 cm³/mol. The molecule has 6 heteroatoms. The lowest BCUT2D eigenvalue weighted by Gasteiger charge is -2.15. The molecule has 0 bridgehead atoms. The Morgan fingerprint density at radius 2 is 2.12 bits per heavy atom. The molecule has 0 aliphatic heterocycles. The summed E-state index contributed by atoms with van der Waals surface area (Å²) in [6.07, 6.45) is 5.11. The summed E-state index contributed by atoms with van der Waals surface area (Å²) in [5.41, 5.74) is 2.03. The Morgan fingerprint density at radius 3 is 2.83 bits per heavy atom. The summed E-state index contributed by atoms with van der Waals surface area (Å²) in [7, 11) is 0. The Morgan fingerprint density at radius 1 is 1.29 bits per heavy atom. The maximum absolute atomic E-state index is 12.4. The van der Waals surface area contributed by atoms with Crippen molar-refractivity contribution in [3.05, 3.63) is 65.4 Å². The van der Waals surface area contributed by atoms with Crippen molar-refractivity contribution < 1.29 is 4.79 Å². The zero-order chi connectivity index (χ0) is 16.8. The van der Waals surface area contributed by atoms with E-state index in [2.05, 4.69) is 15.4 Å². The molecule has 3 aromatic rings. The van der Waals surface area contributed by atoms with Gasteiger partial charge in [-0.2, -0.15) is 5.10 Å². The molecule has 1 aromatic carbocycles. The van der Waals surface area contributed by atoms with Gasteiger partial charge in [0.25, 0.3) is 0 Å². The van der Waals surface area contributed by atoms with Gasteiger partial charge in [-0.05, 0) is 18.1 Å². The van der Waals surface area contributed by atoms with Gasteiger partial charge in [0.1, 0.15) is 0 Å². The molecule has 1 amide bonds. The molecule has 1 atom stereocenters. The molecule has 124 valence electrons. The fourth-order valence-electron chi connectivity index (χ4n) is 2.59. The lowest BCUT2D eigenvalue weighted by atomic mass is 9.96. The number of aromatic nitrogens is 3. The number of rotatable bonds is 7. The molecule has 0 fully saturated rings. The van der Waals surface area contributed by atoms with Gasteiger partial charge in [-0.15, -0.1) is 11.3 Å². The number of nitrogens with one attached hydrogen (secondary N) is 1. The van der Waals surface area contributed by atoms with Gasteiger partial charge in [-0.3, -0.25) is 4.79 Å². The highest BCUT2D eigenvalue weighted by Crippen LogP contribution is 2.19. The molecular formula is C18H20N4OS. The van der Waals surface area contributed by atoms with Crippen molar-refractivity contribution in [3.8, 4) is 5.13 Å². The molecule has 2 aromatic heterocycles. The van der Waals surface area contributed by atoms with E-state index in [1.54, 1.807) is 22.2 Å². The molecule has 1 unspecified atom stereocenters. The van der Waals surface area contributed by atoms with E-state index in [-0.39, 0.29) is 11.8 Å². The molecule has 24 heavy (non-hydrogen) atoms. The summed E-state index contributed by atoms with van der Waals surface area (Å²) >= 11 is 1.55. The highest BCUT2D eigenvalue weighted by atomic mass is 32.1. The molecule has 0 radical (unpaired) electrons. The average molecular weight is 340 g/mol. The van der Waals surface area contributed by atoms with Crippen molar-refractivity contribution in [2.75, 3.05) is 6.54 Å². The van der Waals surface area contributed by atoms with Crippen molar-refractivity contribution in [3.63, 3.8) is 0 Å². The van der Waals surface area contributed by atoms with Crippen molar-refractivity contribution in [1.82, 2.24) is 20.1 Å². The van der Waals surface area contributed by atoms with Gasteiger partial charge >= 0.3 is 0 Å². The largest absolute Gasteiger partial charge is 0.355 e. The Bertz CT molecular complexity index is 767. The van der Waals surface area contributed by atoms with Gasteiger partial charge in [0.2, 0.25) is 11.0 Å². The van der Waals surface area contributed by atoms with Crippen molar-refractivity contribution >= 4 is 17.2 Å². The summed E-state index contributed by atoms with van der Waals surface area (Å²) in [6.45, 7) is 2.62. The van der Waals surface area contributed by atoms with E-state index in [0.717, 1.165) is 22.8 Å². The fourth-order valence-corrected chi connectivity index (χ4v) is 3.39. The van der Waals surface area contributed by atoms with Crippen LogP contribution in [-0.4, -0.2) is 27.2 Å². The first-order valence-electron chi connectivity index (χ1n) is 8.05. The maximum Gasteiger partial charge on any atom is 0.227 e. The van der Waals surface area contributed by atoms with Crippen LogP contribution in [0.5, 0.6) is 0 Å². The van der Waals surface area contributed by atoms with E-state index < -0.39 is 0 Å². The first-order chi connectivity index (χ1) is 11.8. The number of hydrogen-bond acceptors (Lipinski definition) is 4. The van der Waals surface area contributed by atoms with Crippen LogP contribution in [-0.2, 0) is 11.2 Å². The van der Waals surface area contributed by atoms with Crippen LogP contribution in [0.1, 0.15) is 30.5 Å². The minimum atomic E-state index is -0.0960. The molecule has 1 N–H and O–H groups in total. The molecule has 2 heterocycles. The zero-order valence-electron chi connectivity index (χ0n) is 13.6. The van der Waals surface area contributed by atoms with Crippen molar-refractivity contribution in [1.29, 1.82) is 0 Å². The number of benzene rings is 1. The van der Waals surface area contributed by atoms with Crippen LogP contribution in [0, 0.1) is 0 Å². The monoisotopic (exact) mass is 340 g/mol. The molecule has 0 spiro atoms. The number of hydrogen-bond donors (Lipinski definition) is 1. The van der Waals surface area contributed by atoms with Gasteiger partial charge in [0, 0.05) is 30.7 Å². The van der Waals surface area contributed by atoms with E-state index in [1.807, 2.05) is 54.9 Å². The summed E-state index contributed by atoms with van der Waals surface area (Å²) < 4.78 is 1.75. The van der Waals surface area contributed by atoms with Gasteiger partial charge < -0.3 is 5.32 Å². The summed E-state index contributed by atoms with van der Waals surface area (Å²) in [5, 5.41) is 10.1. The van der Waals surface area contributed by atoms with Gasteiger partial charge in [0.15, 0.2) is 0 Å². The molecule has 0 saturated carbocycles. The standard InChI is InChI=1S/C18H20N4OS/c1-2-16(14-7-4-3-5-8-14)17(23)19-11-9-15-13-24-18(21-15)22-12-6-10-20-22/h3-8,10,12-13,16H,2,9,11H2,1H3,(H,19,23). The number of carbonyl (C=O) groups is 1. The van der Waals surface area contributed by atoms with E-state index in [9.17, 15) is 4.79 Å². The third-order valence-corrected chi connectivity index (χ3v) is 4.73. The smallest absolute Gasteiger partial charge is 0.227 e. The van der Waals surface area contributed by atoms with Crippen LogP contribution < -0.4 is 5.32 Å². The Kier molecular flexibility index (Phi) is 5.38. The minimum Gasteiger partial charge on any atom is -0.355 e. The van der Waals surface area contributed by atoms with E-state index in [4.69, 9.17) is 0 Å². The van der Waals surface area contributed by atoms with Crippen molar-refractivity contribution in [2.45, 2.75) is 25.7 Å². The predicted octanol–water partition coefficient (Wildman–Crippen LogP) is 3.18. The zero-order valence-corrected chi connectivity index (χ0v) is 14.4. The topological polar surface area (TPSA) is 59.8 Å². The molecule has 3 rings (SSSR count). The number of thiazole rings is 1. The lowest BCUT2D eigenvalue weighted by molar-refractivity contribution is -0.122. The molecule has 0 saturated heterocycles. The minimum absolute atomic E-state index is 0.0752. The molecule has 0 aliphatic carbocycles. The Labute approximate surface area is 145 Å². The fraction of sp³-hybridized carbons (Fsp3) is 0.278. The number of carbonyl (C=O) groups excluding carboxylic acids is 1. The van der Waals surface area contributed by atoms with Crippen molar-refractivity contribution in [2.24, 2.45) is 0 Å². The first kappa shape index (κ1) is 16.4. The van der Waals surface area contributed by atoms with E-state index >= 15 is 0 Å².